The van der Waals surface area contributed by atoms with Gasteiger partial charge in [0.1, 0.15) is 0 Å². The van der Waals surface area contributed by atoms with Gasteiger partial charge in [0.2, 0.25) is 11.8 Å². The number of aliphatic hydroxyl groups excluding tert-OH is 1. The van der Waals surface area contributed by atoms with E-state index in [0.29, 0.717) is 16.8 Å². The van der Waals surface area contributed by atoms with Crippen molar-refractivity contribution in [1.82, 2.24) is 19.8 Å². The lowest BCUT2D eigenvalue weighted by molar-refractivity contribution is -0.134. The molecule has 2 aliphatic heterocycles. The molecule has 1 aliphatic carbocycles. The van der Waals surface area contributed by atoms with Crippen molar-refractivity contribution in [1.29, 1.82) is 0 Å². The van der Waals surface area contributed by atoms with E-state index in [2.05, 4.69) is 22.4 Å². The summed E-state index contributed by atoms with van der Waals surface area (Å²) < 4.78 is 1.68. The molecule has 0 spiro atoms. The number of nitrogens with zero attached hydrogens (tertiary/aromatic N) is 3. The van der Waals surface area contributed by atoms with E-state index in [4.69, 9.17) is 0 Å². The Morgan fingerprint density at radius 3 is 2.47 bits per heavy atom. The number of carbonyl (C=O) groups is 2. The lowest BCUT2D eigenvalue weighted by Crippen LogP contribution is -2.48. The molecule has 3 aliphatic rings. The maximum Gasteiger partial charge on any atom is 0.258 e. The summed E-state index contributed by atoms with van der Waals surface area (Å²) in [7, 11) is 0. The van der Waals surface area contributed by atoms with Gasteiger partial charge in [-0.1, -0.05) is 30.3 Å². The van der Waals surface area contributed by atoms with Crippen molar-refractivity contribution in [3.63, 3.8) is 0 Å². The SMILES string of the molecule is CC(=O)N1[C@@H]2c3ccc(-c4cccnc4)c(=O)n3C[C@H]1[C@H](CO)[C@H]2C(=O)NC1Cc2ccccc2C1. The summed E-state index contributed by atoms with van der Waals surface area (Å²) in [5, 5.41) is 13.6. The van der Waals surface area contributed by atoms with Crippen LogP contribution in [0.3, 0.4) is 0 Å². The average molecular weight is 485 g/mol. The Bertz CT molecular complexity index is 1380. The molecule has 0 unspecified atom stereocenters. The number of aliphatic hydroxyl groups is 1. The van der Waals surface area contributed by atoms with Gasteiger partial charge in [0, 0.05) is 61.2 Å². The van der Waals surface area contributed by atoms with Gasteiger partial charge < -0.3 is 19.9 Å². The van der Waals surface area contributed by atoms with E-state index in [1.807, 2.05) is 24.3 Å². The first-order chi connectivity index (χ1) is 17.5. The number of rotatable bonds is 4. The third-order valence-electron chi connectivity index (χ3n) is 8.08. The second-order valence-corrected chi connectivity index (χ2v) is 10.0. The molecule has 2 amide bonds. The van der Waals surface area contributed by atoms with Crippen LogP contribution in [0.4, 0.5) is 0 Å². The minimum absolute atomic E-state index is 0.0318. The van der Waals surface area contributed by atoms with Gasteiger partial charge in [-0.25, -0.2) is 0 Å². The summed E-state index contributed by atoms with van der Waals surface area (Å²) in [5.74, 6) is -1.46. The zero-order chi connectivity index (χ0) is 25.0. The normalized spacial score (nSPS) is 24.3. The minimum Gasteiger partial charge on any atom is -0.396 e. The number of pyridine rings is 2. The maximum atomic E-state index is 13.8. The highest BCUT2D eigenvalue weighted by atomic mass is 16.3. The largest absolute Gasteiger partial charge is 0.396 e. The Hall–Kier alpha value is -3.78. The van der Waals surface area contributed by atoms with Crippen molar-refractivity contribution < 1.29 is 14.7 Å². The smallest absolute Gasteiger partial charge is 0.258 e. The molecular weight excluding hydrogens is 456 g/mol. The summed E-state index contributed by atoms with van der Waals surface area (Å²) in [6, 6.07) is 14.3. The molecule has 8 heteroatoms. The molecule has 184 valence electrons. The van der Waals surface area contributed by atoms with E-state index in [-0.39, 0.29) is 36.6 Å². The standard InChI is InChI=1S/C28H28N4O4/c1-16(34)32-24-14-31-23(9-8-21(28(31)36)19-7-4-10-29-13-19)26(32)25(22(24)15-33)27(35)30-20-11-17-5-2-3-6-18(17)12-20/h2-10,13,20,22,24-26,33H,11-12,14-15H2,1H3,(H,30,35)/t22-,24-,25+,26+/m0/s1. The van der Waals surface area contributed by atoms with Gasteiger partial charge in [-0.15, -0.1) is 0 Å². The highest BCUT2D eigenvalue weighted by Gasteiger charge is 2.57. The predicted octanol–water partition coefficient (Wildman–Crippen LogP) is 1.70. The summed E-state index contributed by atoms with van der Waals surface area (Å²) in [6.45, 7) is 1.48. The number of hydrogen-bond acceptors (Lipinski definition) is 5. The van der Waals surface area contributed by atoms with E-state index in [1.54, 1.807) is 34.0 Å². The van der Waals surface area contributed by atoms with E-state index in [9.17, 15) is 19.5 Å². The van der Waals surface area contributed by atoms with Crippen molar-refractivity contribution in [3.05, 3.63) is 88.1 Å². The maximum absolute atomic E-state index is 13.8. The average Bonchev–Trinajstić information content (AvgIpc) is 3.40. The minimum atomic E-state index is -0.648. The number of carbonyl (C=O) groups excluding carboxylic acids is 2. The number of amides is 2. The lowest BCUT2D eigenvalue weighted by Gasteiger charge is -2.37. The molecule has 2 N–H and O–H groups in total. The Kier molecular flexibility index (Phi) is 5.48. The van der Waals surface area contributed by atoms with Crippen molar-refractivity contribution in [2.24, 2.45) is 11.8 Å². The molecule has 2 bridgehead atoms. The van der Waals surface area contributed by atoms with Crippen LogP contribution in [0.5, 0.6) is 0 Å². The predicted molar refractivity (Wildman–Crippen MR) is 133 cm³/mol. The molecule has 36 heavy (non-hydrogen) atoms. The fraction of sp³-hybridized carbons (Fsp3) is 0.357. The molecule has 4 atom stereocenters. The molecule has 3 aromatic rings. The Labute approximate surface area is 208 Å². The van der Waals surface area contributed by atoms with Gasteiger partial charge in [-0.2, -0.15) is 0 Å². The van der Waals surface area contributed by atoms with E-state index in [0.717, 1.165) is 12.8 Å². The molecule has 0 saturated carbocycles. The number of aromatic nitrogens is 2. The fourth-order valence-corrected chi connectivity index (χ4v) is 6.54. The molecule has 4 heterocycles. The number of hydrogen-bond donors (Lipinski definition) is 2. The van der Waals surface area contributed by atoms with E-state index >= 15 is 0 Å². The molecule has 6 rings (SSSR count). The van der Waals surface area contributed by atoms with Gasteiger partial charge in [-0.3, -0.25) is 19.4 Å². The van der Waals surface area contributed by atoms with Gasteiger partial charge in [-0.05, 0) is 42.2 Å². The molecule has 1 fully saturated rings. The quantitative estimate of drug-likeness (QED) is 0.587. The van der Waals surface area contributed by atoms with Gasteiger partial charge in [0.15, 0.2) is 0 Å². The zero-order valence-electron chi connectivity index (χ0n) is 20.0. The zero-order valence-corrected chi connectivity index (χ0v) is 20.0. The topological polar surface area (TPSA) is 105 Å². The van der Waals surface area contributed by atoms with Crippen molar-refractivity contribution in [2.45, 2.75) is 44.4 Å². The number of nitrogens with one attached hydrogen (secondary N) is 1. The highest BCUT2D eigenvalue weighted by Crippen LogP contribution is 2.48. The molecule has 2 aromatic heterocycles. The van der Waals surface area contributed by atoms with Crippen LogP contribution in [0.1, 0.15) is 29.8 Å². The third kappa shape index (κ3) is 3.47. The number of benzene rings is 1. The van der Waals surface area contributed by atoms with Crippen LogP contribution < -0.4 is 10.9 Å². The van der Waals surface area contributed by atoms with Gasteiger partial charge in [0.25, 0.3) is 5.56 Å². The van der Waals surface area contributed by atoms with Crippen molar-refractivity contribution in [2.75, 3.05) is 6.61 Å². The second-order valence-electron chi connectivity index (χ2n) is 10.0. The summed E-state index contributed by atoms with van der Waals surface area (Å²) >= 11 is 0. The Morgan fingerprint density at radius 1 is 1.08 bits per heavy atom. The summed E-state index contributed by atoms with van der Waals surface area (Å²) in [4.78, 5) is 45.9. The van der Waals surface area contributed by atoms with Crippen LogP contribution in [0.15, 0.2) is 65.7 Å². The van der Waals surface area contributed by atoms with E-state index in [1.165, 1.54) is 18.1 Å². The van der Waals surface area contributed by atoms with Crippen LogP contribution in [0.2, 0.25) is 0 Å². The highest BCUT2D eigenvalue weighted by molar-refractivity contribution is 5.84. The Morgan fingerprint density at radius 2 is 1.83 bits per heavy atom. The second kappa shape index (κ2) is 8.71. The van der Waals surface area contributed by atoms with Crippen LogP contribution in [0, 0.1) is 11.8 Å². The van der Waals surface area contributed by atoms with Gasteiger partial charge in [0.05, 0.1) is 18.0 Å². The van der Waals surface area contributed by atoms with Gasteiger partial charge >= 0.3 is 0 Å². The first kappa shape index (κ1) is 22.7. The summed E-state index contributed by atoms with van der Waals surface area (Å²) in [6.07, 6.45) is 4.82. The van der Waals surface area contributed by atoms with Crippen LogP contribution in [-0.2, 0) is 29.0 Å². The number of fused-ring (bicyclic) bond motifs is 5. The monoisotopic (exact) mass is 484 g/mol. The first-order valence-electron chi connectivity index (χ1n) is 12.4. The van der Waals surface area contributed by atoms with Crippen LogP contribution in [0.25, 0.3) is 11.1 Å². The molecule has 1 aromatic carbocycles. The van der Waals surface area contributed by atoms with E-state index < -0.39 is 23.9 Å². The van der Waals surface area contributed by atoms with Crippen LogP contribution >= 0.6 is 0 Å². The molecule has 8 nitrogen and oxygen atoms in total. The fourth-order valence-electron chi connectivity index (χ4n) is 6.54. The Balaban J connectivity index is 1.37. The van der Waals surface area contributed by atoms with Crippen molar-refractivity contribution in [3.8, 4) is 11.1 Å². The third-order valence-corrected chi connectivity index (χ3v) is 8.08. The first-order valence-corrected chi connectivity index (χ1v) is 12.4. The van der Waals surface area contributed by atoms with Crippen molar-refractivity contribution >= 4 is 11.8 Å². The lowest BCUT2D eigenvalue weighted by atomic mass is 9.86. The molecule has 1 saturated heterocycles. The molecular formula is C28H28N4O4. The summed E-state index contributed by atoms with van der Waals surface area (Å²) in [5.41, 5.74) is 4.15. The van der Waals surface area contributed by atoms with Crippen LogP contribution in [-0.4, -0.2) is 50.1 Å². The molecule has 0 radical (unpaired) electrons.